The molecule has 0 spiro atoms. The van der Waals surface area contributed by atoms with Crippen LogP contribution in [-0.2, 0) is 17.6 Å². The molecule has 0 aliphatic heterocycles. The van der Waals surface area contributed by atoms with Gasteiger partial charge in [0.25, 0.3) is 0 Å². The Kier molecular flexibility index (Phi) is 4.41. The molecule has 0 unspecified atom stereocenters. The first-order valence-corrected chi connectivity index (χ1v) is 4.96. The smallest absolute Gasteiger partial charge is 0.0496 e. The van der Waals surface area contributed by atoms with Crippen LogP contribution in [0.2, 0.25) is 0 Å². The van der Waals surface area contributed by atoms with E-state index in [9.17, 15) is 0 Å². The summed E-state index contributed by atoms with van der Waals surface area (Å²) in [6, 6.07) is 8.69. The molecule has 1 heteroatoms. The molecule has 0 fully saturated rings. The average molecular weight is 190 g/mol. The monoisotopic (exact) mass is 190 g/mol. The fourth-order valence-corrected chi connectivity index (χ4v) is 2.00. The van der Waals surface area contributed by atoms with Crippen LogP contribution in [0.15, 0.2) is 37.4 Å². The van der Waals surface area contributed by atoms with Crippen molar-refractivity contribution >= 4 is 0 Å². The van der Waals surface area contributed by atoms with E-state index in [4.69, 9.17) is 4.74 Å². The summed E-state index contributed by atoms with van der Waals surface area (Å²) in [7, 11) is 1.78. The maximum Gasteiger partial charge on any atom is 0.0496 e. The largest absolute Gasteiger partial charge is 0.384 e. The molecule has 1 aliphatic rings. The summed E-state index contributed by atoms with van der Waals surface area (Å²) in [5.41, 5.74) is 3.03. The molecule has 1 aromatic carbocycles. The predicted molar refractivity (Wildman–Crippen MR) is 60.5 cm³/mol. The van der Waals surface area contributed by atoms with Gasteiger partial charge in [0.2, 0.25) is 0 Å². The van der Waals surface area contributed by atoms with Crippen LogP contribution in [-0.4, -0.2) is 13.7 Å². The van der Waals surface area contributed by atoms with E-state index in [2.05, 4.69) is 37.4 Å². The van der Waals surface area contributed by atoms with Gasteiger partial charge < -0.3 is 4.74 Å². The van der Waals surface area contributed by atoms with Gasteiger partial charge in [0, 0.05) is 13.7 Å². The molecule has 0 N–H and O–H groups in total. The zero-order chi connectivity index (χ0) is 10.4. The first-order chi connectivity index (χ1) is 6.90. The van der Waals surface area contributed by atoms with Crippen molar-refractivity contribution in [2.45, 2.75) is 12.8 Å². The summed E-state index contributed by atoms with van der Waals surface area (Å²) in [6.45, 7) is 6.90. The van der Waals surface area contributed by atoms with Crippen LogP contribution in [0.5, 0.6) is 0 Å². The van der Waals surface area contributed by atoms with E-state index in [0.717, 1.165) is 6.61 Å². The number of methoxy groups -OCH3 is 1. The van der Waals surface area contributed by atoms with E-state index >= 15 is 0 Å². The number of hydrogen-bond acceptors (Lipinski definition) is 1. The Labute approximate surface area is 86.4 Å². The number of rotatable bonds is 2. The van der Waals surface area contributed by atoms with Crippen LogP contribution in [0.25, 0.3) is 0 Å². The van der Waals surface area contributed by atoms with Crippen molar-refractivity contribution in [3.8, 4) is 0 Å². The summed E-state index contributed by atoms with van der Waals surface area (Å²) >= 11 is 0. The minimum Gasteiger partial charge on any atom is -0.384 e. The highest BCUT2D eigenvalue weighted by Gasteiger charge is 2.19. The van der Waals surface area contributed by atoms with Gasteiger partial charge in [-0.2, -0.15) is 0 Å². The van der Waals surface area contributed by atoms with Gasteiger partial charge in [-0.3, -0.25) is 0 Å². The van der Waals surface area contributed by atoms with Crippen LogP contribution in [0, 0.1) is 5.92 Å². The Morgan fingerprint density at radius 3 is 2.14 bits per heavy atom. The van der Waals surface area contributed by atoms with Crippen molar-refractivity contribution in [1.82, 2.24) is 0 Å². The number of benzene rings is 1. The van der Waals surface area contributed by atoms with Crippen LogP contribution >= 0.6 is 0 Å². The lowest BCUT2D eigenvalue weighted by atomic mass is 10.1. The van der Waals surface area contributed by atoms with Crippen molar-refractivity contribution < 1.29 is 4.74 Å². The lowest BCUT2D eigenvalue weighted by Crippen LogP contribution is -2.07. The topological polar surface area (TPSA) is 9.23 Å². The Balaban J connectivity index is 0.000000461. The van der Waals surface area contributed by atoms with Gasteiger partial charge >= 0.3 is 0 Å². The third-order valence-corrected chi connectivity index (χ3v) is 2.54. The molecule has 0 heterocycles. The maximum atomic E-state index is 5.16. The van der Waals surface area contributed by atoms with Crippen LogP contribution in [0.1, 0.15) is 11.1 Å². The Hall–Kier alpha value is -1.08. The van der Waals surface area contributed by atoms with Crippen molar-refractivity contribution in [1.29, 1.82) is 0 Å². The van der Waals surface area contributed by atoms with Gasteiger partial charge in [0.1, 0.15) is 0 Å². The fourth-order valence-electron chi connectivity index (χ4n) is 2.00. The van der Waals surface area contributed by atoms with E-state index < -0.39 is 0 Å². The molecule has 0 atom stereocenters. The van der Waals surface area contributed by atoms with E-state index in [1.807, 2.05) is 0 Å². The molecule has 1 aromatic rings. The van der Waals surface area contributed by atoms with Gasteiger partial charge in [-0.25, -0.2) is 0 Å². The lowest BCUT2D eigenvalue weighted by Gasteiger charge is -2.05. The van der Waals surface area contributed by atoms with Crippen molar-refractivity contribution in [2.75, 3.05) is 13.7 Å². The third kappa shape index (κ3) is 2.46. The molecule has 14 heavy (non-hydrogen) atoms. The fraction of sp³-hybridized carbons (Fsp3) is 0.385. The van der Waals surface area contributed by atoms with E-state index in [1.165, 1.54) is 24.0 Å². The standard InChI is InChI=1S/C11H14O.C2H4/c1-12-8-9-6-10-4-2-3-5-11(10)7-9;1-2/h2-5,9H,6-8H2,1H3;1-2H2. The molecule has 0 aromatic heterocycles. The molecular weight excluding hydrogens is 172 g/mol. The Bertz CT molecular complexity index is 255. The van der Waals surface area contributed by atoms with Crippen LogP contribution < -0.4 is 0 Å². The highest BCUT2D eigenvalue weighted by molar-refractivity contribution is 5.31. The van der Waals surface area contributed by atoms with Gasteiger partial charge in [0.15, 0.2) is 0 Å². The first kappa shape index (κ1) is 11.0. The lowest BCUT2D eigenvalue weighted by molar-refractivity contribution is 0.156. The van der Waals surface area contributed by atoms with Crippen LogP contribution in [0.3, 0.4) is 0 Å². The van der Waals surface area contributed by atoms with E-state index in [1.54, 1.807) is 7.11 Å². The molecule has 1 nitrogen and oxygen atoms in total. The molecule has 1 aliphatic carbocycles. The second kappa shape index (κ2) is 5.61. The summed E-state index contributed by atoms with van der Waals surface area (Å²) in [5, 5.41) is 0. The Morgan fingerprint density at radius 2 is 1.71 bits per heavy atom. The van der Waals surface area contributed by atoms with Gasteiger partial charge in [0.05, 0.1) is 0 Å². The van der Waals surface area contributed by atoms with E-state index in [0.29, 0.717) is 5.92 Å². The quantitative estimate of drug-likeness (QED) is 0.652. The molecule has 0 radical (unpaired) electrons. The molecular formula is C13H18O. The van der Waals surface area contributed by atoms with E-state index in [-0.39, 0.29) is 0 Å². The minimum absolute atomic E-state index is 0.715. The molecule has 0 saturated heterocycles. The normalized spacial score (nSPS) is 14.4. The highest BCUT2D eigenvalue weighted by atomic mass is 16.5. The number of ether oxygens (including phenoxy) is 1. The summed E-state index contributed by atoms with van der Waals surface area (Å²) < 4.78 is 5.16. The van der Waals surface area contributed by atoms with Gasteiger partial charge in [-0.1, -0.05) is 24.3 Å². The highest BCUT2D eigenvalue weighted by Crippen LogP contribution is 2.26. The summed E-state index contributed by atoms with van der Waals surface area (Å²) in [5.74, 6) is 0.715. The van der Waals surface area contributed by atoms with Crippen molar-refractivity contribution in [2.24, 2.45) is 5.92 Å². The summed E-state index contributed by atoms with van der Waals surface area (Å²) in [4.78, 5) is 0. The SMILES string of the molecule is C=C.COCC1Cc2ccccc2C1. The number of hydrogen-bond donors (Lipinski definition) is 0. The zero-order valence-corrected chi connectivity index (χ0v) is 8.83. The maximum absolute atomic E-state index is 5.16. The number of fused-ring (bicyclic) bond motifs is 1. The molecule has 0 saturated carbocycles. The Morgan fingerprint density at radius 1 is 1.21 bits per heavy atom. The van der Waals surface area contributed by atoms with Gasteiger partial charge in [-0.15, -0.1) is 13.2 Å². The average Bonchev–Trinajstić information content (AvgIpc) is 2.63. The van der Waals surface area contributed by atoms with Crippen molar-refractivity contribution in [3.05, 3.63) is 48.6 Å². The van der Waals surface area contributed by atoms with Gasteiger partial charge in [-0.05, 0) is 29.9 Å². The molecule has 2 rings (SSSR count). The second-order valence-corrected chi connectivity index (χ2v) is 3.50. The molecule has 0 bridgehead atoms. The van der Waals surface area contributed by atoms with Crippen molar-refractivity contribution in [3.63, 3.8) is 0 Å². The zero-order valence-electron chi connectivity index (χ0n) is 8.83. The molecule has 0 amide bonds. The molecule has 76 valence electrons. The summed E-state index contributed by atoms with van der Waals surface area (Å²) in [6.07, 6.45) is 2.40. The first-order valence-electron chi connectivity index (χ1n) is 4.96. The minimum atomic E-state index is 0.715. The third-order valence-electron chi connectivity index (χ3n) is 2.54. The second-order valence-electron chi connectivity index (χ2n) is 3.50. The van der Waals surface area contributed by atoms with Crippen LogP contribution in [0.4, 0.5) is 0 Å². The predicted octanol–water partition coefficient (Wildman–Crippen LogP) is 2.85.